The van der Waals surface area contributed by atoms with E-state index in [4.69, 9.17) is 0 Å². The van der Waals surface area contributed by atoms with Gasteiger partial charge in [0.15, 0.2) is 0 Å². The minimum Gasteiger partial charge on any atom is -0.331 e. The molecule has 104 valence electrons. The molecule has 2 aromatic rings. The lowest BCUT2D eigenvalue weighted by atomic mass is 10.1. The van der Waals surface area contributed by atoms with E-state index in [-0.39, 0.29) is 11.9 Å². The lowest BCUT2D eigenvalue weighted by molar-refractivity contribution is 0.0740. The van der Waals surface area contributed by atoms with Crippen LogP contribution in [0.2, 0.25) is 0 Å². The normalized spacial score (nSPS) is 18.5. The molecule has 1 aliphatic heterocycles. The third-order valence-corrected chi connectivity index (χ3v) is 5.12. The number of amides is 1. The van der Waals surface area contributed by atoms with Gasteiger partial charge in [-0.3, -0.25) is 9.78 Å². The zero-order valence-corrected chi connectivity index (χ0v) is 12.6. The minimum atomic E-state index is 0.172. The molecule has 4 heteroatoms. The summed E-state index contributed by atoms with van der Waals surface area (Å²) in [6.07, 6.45) is 5.71. The lowest BCUT2D eigenvalue weighted by Gasteiger charge is -2.24. The van der Waals surface area contributed by atoms with Crippen LogP contribution in [0.5, 0.6) is 0 Å². The van der Waals surface area contributed by atoms with Crippen LogP contribution in [0.4, 0.5) is 0 Å². The summed E-state index contributed by atoms with van der Waals surface area (Å²) in [5.74, 6) is 0.172. The number of thiophene rings is 1. The van der Waals surface area contributed by atoms with Crippen LogP contribution >= 0.6 is 11.3 Å². The van der Waals surface area contributed by atoms with Crippen LogP contribution in [0.1, 0.15) is 44.6 Å². The fourth-order valence-corrected chi connectivity index (χ4v) is 3.75. The molecule has 1 fully saturated rings. The topological polar surface area (TPSA) is 33.2 Å². The molecule has 3 nitrogen and oxygen atoms in total. The Hall–Kier alpha value is -1.68. The molecule has 1 aliphatic rings. The Bertz CT molecular complexity index is 601. The molecule has 2 aromatic heterocycles. The van der Waals surface area contributed by atoms with Crippen molar-refractivity contribution in [3.05, 3.63) is 51.5 Å². The van der Waals surface area contributed by atoms with Crippen molar-refractivity contribution in [3.8, 4) is 0 Å². The van der Waals surface area contributed by atoms with Crippen molar-refractivity contribution in [3.63, 3.8) is 0 Å². The van der Waals surface area contributed by atoms with Gasteiger partial charge in [0.25, 0.3) is 5.91 Å². The Morgan fingerprint density at radius 2 is 2.10 bits per heavy atom. The predicted molar refractivity (Wildman–Crippen MR) is 81.0 cm³/mol. The first-order valence-electron chi connectivity index (χ1n) is 6.95. The fourth-order valence-electron chi connectivity index (χ4n) is 2.76. The summed E-state index contributed by atoms with van der Waals surface area (Å²) in [6.45, 7) is 4.98. The van der Waals surface area contributed by atoms with Gasteiger partial charge in [-0.1, -0.05) is 0 Å². The largest absolute Gasteiger partial charge is 0.331 e. The summed E-state index contributed by atoms with van der Waals surface area (Å²) >= 11 is 1.60. The highest BCUT2D eigenvalue weighted by Crippen LogP contribution is 2.34. The van der Waals surface area contributed by atoms with Crippen LogP contribution < -0.4 is 0 Å². The predicted octanol–water partition coefficient (Wildman–Crippen LogP) is 3.74. The molecule has 20 heavy (non-hydrogen) atoms. The first-order chi connectivity index (χ1) is 9.66. The molecule has 0 N–H and O–H groups in total. The molecule has 1 atom stereocenters. The average Bonchev–Trinajstić information content (AvgIpc) is 3.07. The van der Waals surface area contributed by atoms with Gasteiger partial charge in [-0.2, -0.15) is 0 Å². The van der Waals surface area contributed by atoms with Gasteiger partial charge < -0.3 is 4.90 Å². The second kappa shape index (κ2) is 5.37. The highest BCUT2D eigenvalue weighted by molar-refractivity contribution is 7.14. The molecule has 0 radical (unpaired) electrons. The van der Waals surface area contributed by atoms with Crippen molar-refractivity contribution in [2.45, 2.75) is 32.7 Å². The molecular formula is C16H18N2OS. The summed E-state index contributed by atoms with van der Waals surface area (Å²) < 4.78 is 0. The maximum atomic E-state index is 12.7. The van der Waals surface area contributed by atoms with E-state index in [0.717, 1.165) is 24.3 Å². The molecule has 3 rings (SSSR count). The minimum absolute atomic E-state index is 0.172. The Balaban J connectivity index is 1.87. The molecule has 0 aliphatic carbocycles. The smallest absolute Gasteiger partial charge is 0.264 e. The van der Waals surface area contributed by atoms with Crippen molar-refractivity contribution in [1.29, 1.82) is 0 Å². The average molecular weight is 286 g/mol. The number of nitrogens with zero attached hydrogens (tertiary/aromatic N) is 2. The maximum absolute atomic E-state index is 12.7. The summed E-state index contributed by atoms with van der Waals surface area (Å²) in [5, 5.41) is 0. The summed E-state index contributed by atoms with van der Waals surface area (Å²) in [7, 11) is 0. The number of carbonyl (C=O) groups is 1. The van der Waals surface area contributed by atoms with Crippen molar-refractivity contribution >= 4 is 17.2 Å². The number of hydrogen-bond acceptors (Lipinski definition) is 3. The van der Waals surface area contributed by atoms with Crippen LogP contribution in [0.25, 0.3) is 0 Å². The molecule has 0 bridgehead atoms. The van der Waals surface area contributed by atoms with E-state index in [9.17, 15) is 4.79 Å². The van der Waals surface area contributed by atoms with E-state index in [1.807, 2.05) is 23.1 Å². The van der Waals surface area contributed by atoms with Gasteiger partial charge >= 0.3 is 0 Å². The van der Waals surface area contributed by atoms with Crippen molar-refractivity contribution in [1.82, 2.24) is 9.88 Å². The van der Waals surface area contributed by atoms with Crippen molar-refractivity contribution in [2.75, 3.05) is 6.54 Å². The van der Waals surface area contributed by atoms with E-state index >= 15 is 0 Å². The summed E-state index contributed by atoms with van der Waals surface area (Å²) in [4.78, 5) is 20.9. The zero-order chi connectivity index (χ0) is 14.1. The number of hydrogen-bond donors (Lipinski definition) is 0. The van der Waals surface area contributed by atoms with Gasteiger partial charge in [0.05, 0.1) is 10.9 Å². The van der Waals surface area contributed by atoms with Crippen molar-refractivity contribution in [2.24, 2.45) is 0 Å². The Kier molecular flexibility index (Phi) is 3.57. The Morgan fingerprint density at radius 1 is 1.35 bits per heavy atom. The number of carbonyl (C=O) groups excluding carboxylic acids is 1. The molecule has 1 amide bonds. The van der Waals surface area contributed by atoms with Gasteiger partial charge in [0.1, 0.15) is 0 Å². The highest BCUT2D eigenvalue weighted by Gasteiger charge is 2.31. The van der Waals surface area contributed by atoms with E-state index < -0.39 is 0 Å². The lowest BCUT2D eigenvalue weighted by Crippen LogP contribution is -2.29. The van der Waals surface area contributed by atoms with Crippen LogP contribution in [-0.2, 0) is 0 Å². The Morgan fingerprint density at radius 3 is 2.75 bits per heavy atom. The molecular weight excluding hydrogens is 268 g/mol. The highest BCUT2D eigenvalue weighted by atomic mass is 32.1. The number of aryl methyl sites for hydroxylation is 2. The molecule has 0 aromatic carbocycles. The van der Waals surface area contributed by atoms with Gasteiger partial charge in [-0.25, -0.2) is 0 Å². The quantitative estimate of drug-likeness (QED) is 0.842. The zero-order valence-electron chi connectivity index (χ0n) is 11.8. The standard InChI is InChI=1S/C16H18N2OS/c1-11-10-15(20-12(11)2)16(19)18-9-3-4-14(18)13-5-7-17-8-6-13/h5-8,10,14H,3-4,9H2,1-2H3/t14-/m1/s1. The number of rotatable bonds is 2. The third kappa shape index (κ3) is 2.36. The first kappa shape index (κ1) is 13.3. The second-order valence-corrected chi connectivity index (χ2v) is 6.54. The first-order valence-corrected chi connectivity index (χ1v) is 7.76. The molecule has 0 saturated carbocycles. The summed E-state index contributed by atoms with van der Waals surface area (Å²) in [5.41, 5.74) is 2.40. The van der Waals surface area contributed by atoms with E-state index in [1.165, 1.54) is 16.0 Å². The van der Waals surface area contributed by atoms with E-state index in [1.54, 1.807) is 23.7 Å². The number of pyridine rings is 1. The van der Waals surface area contributed by atoms with E-state index in [0.29, 0.717) is 0 Å². The number of aromatic nitrogens is 1. The SMILES string of the molecule is Cc1cc(C(=O)N2CCC[C@@H]2c2ccncc2)sc1C. The molecule has 0 spiro atoms. The van der Waals surface area contributed by atoms with Gasteiger partial charge in [-0.05, 0) is 56.0 Å². The Labute approximate surface area is 123 Å². The van der Waals surface area contributed by atoms with Crippen LogP contribution in [0.15, 0.2) is 30.6 Å². The number of likely N-dealkylation sites (tertiary alicyclic amines) is 1. The fraction of sp³-hybridized carbons (Fsp3) is 0.375. The molecule has 0 unspecified atom stereocenters. The van der Waals surface area contributed by atoms with Crippen molar-refractivity contribution < 1.29 is 4.79 Å². The third-order valence-electron chi connectivity index (χ3n) is 3.98. The van der Waals surface area contributed by atoms with Gasteiger partial charge in [0, 0.05) is 23.8 Å². The van der Waals surface area contributed by atoms with Gasteiger partial charge in [-0.15, -0.1) is 11.3 Å². The molecule has 3 heterocycles. The second-order valence-electron chi connectivity index (χ2n) is 5.29. The monoisotopic (exact) mass is 286 g/mol. The maximum Gasteiger partial charge on any atom is 0.264 e. The van der Waals surface area contributed by atoms with Crippen LogP contribution in [0.3, 0.4) is 0 Å². The van der Waals surface area contributed by atoms with Crippen LogP contribution in [0, 0.1) is 13.8 Å². The van der Waals surface area contributed by atoms with Gasteiger partial charge in [0.2, 0.25) is 0 Å². The van der Waals surface area contributed by atoms with E-state index in [2.05, 4.69) is 18.8 Å². The molecule has 1 saturated heterocycles. The van der Waals surface area contributed by atoms with Crippen LogP contribution in [-0.4, -0.2) is 22.3 Å². The summed E-state index contributed by atoms with van der Waals surface area (Å²) in [6, 6.07) is 6.25.